The lowest BCUT2D eigenvalue weighted by atomic mass is 10.1. The second-order valence-corrected chi connectivity index (χ2v) is 4.94. The van der Waals surface area contributed by atoms with E-state index in [1.807, 2.05) is 19.1 Å². The van der Waals surface area contributed by atoms with E-state index >= 15 is 0 Å². The van der Waals surface area contributed by atoms with Crippen molar-refractivity contribution < 1.29 is 14.3 Å². The number of rotatable bonds is 9. The molecule has 0 saturated heterocycles. The maximum atomic E-state index is 11.6. The van der Waals surface area contributed by atoms with Crippen molar-refractivity contribution in [1.29, 1.82) is 0 Å². The van der Waals surface area contributed by atoms with Gasteiger partial charge in [0.1, 0.15) is 5.75 Å². The van der Waals surface area contributed by atoms with E-state index in [1.165, 1.54) is 5.56 Å². The Bertz CT molecular complexity index is 449. The number of carbonyl (C=O) groups excluding carboxylic acids is 1. The van der Waals surface area contributed by atoms with Crippen LogP contribution in [0.3, 0.4) is 0 Å². The number of hydrogen-bond donors (Lipinski definition) is 2. The van der Waals surface area contributed by atoms with Crippen molar-refractivity contribution in [2.75, 3.05) is 33.4 Å². The van der Waals surface area contributed by atoms with Crippen LogP contribution < -0.4 is 15.4 Å². The monoisotopic (exact) mass is 294 g/mol. The summed E-state index contributed by atoms with van der Waals surface area (Å²) in [7, 11) is 1.60. The van der Waals surface area contributed by atoms with Gasteiger partial charge in [-0.15, -0.1) is 0 Å². The van der Waals surface area contributed by atoms with Crippen LogP contribution in [0.2, 0.25) is 0 Å². The molecule has 0 aliphatic carbocycles. The van der Waals surface area contributed by atoms with Crippen LogP contribution in [0.4, 0.5) is 0 Å². The molecule has 0 aromatic heterocycles. The Labute approximate surface area is 127 Å². The standard InChI is InChI=1S/C16H26N2O3/c1-5-17-13(3)14-6-7-15(12(2)10-14)21-11-16(19)18-8-9-20-4/h6-7,10,13,17H,5,8-9,11H2,1-4H3,(H,18,19). The summed E-state index contributed by atoms with van der Waals surface area (Å²) >= 11 is 0. The minimum absolute atomic E-state index is 0.0205. The van der Waals surface area contributed by atoms with Crippen LogP contribution in [0.25, 0.3) is 0 Å². The average molecular weight is 294 g/mol. The molecule has 5 heteroatoms. The summed E-state index contributed by atoms with van der Waals surface area (Å²) in [6.45, 7) is 8.15. The van der Waals surface area contributed by atoms with Crippen molar-refractivity contribution in [3.05, 3.63) is 29.3 Å². The Morgan fingerprint density at radius 1 is 1.38 bits per heavy atom. The van der Waals surface area contributed by atoms with Crippen molar-refractivity contribution in [2.45, 2.75) is 26.8 Å². The zero-order valence-electron chi connectivity index (χ0n) is 13.4. The number of methoxy groups -OCH3 is 1. The highest BCUT2D eigenvalue weighted by Crippen LogP contribution is 2.22. The molecule has 1 atom stereocenters. The molecule has 5 nitrogen and oxygen atoms in total. The molecule has 1 amide bonds. The van der Waals surface area contributed by atoms with Gasteiger partial charge in [0, 0.05) is 19.7 Å². The molecule has 0 heterocycles. The highest BCUT2D eigenvalue weighted by atomic mass is 16.5. The molecule has 0 spiro atoms. The first-order valence-electron chi connectivity index (χ1n) is 7.30. The smallest absolute Gasteiger partial charge is 0.258 e. The molecule has 1 aromatic carbocycles. The van der Waals surface area contributed by atoms with Gasteiger partial charge in [-0.3, -0.25) is 4.79 Å². The van der Waals surface area contributed by atoms with Gasteiger partial charge in [-0.05, 0) is 37.6 Å². The first kappa shape index (κ1) is 17.5. The van der Waals surface area contributed by atoms with Crippen LogP contribution >= 0.6 is 0 Å². The fraction of sp³-hybridized carbons (Fsp3) is 0.562. The van der Waals surface area contributed by atoms with Gasteiger partial charge < -0.3 is 20.1 Å². The summed E-state index contributed by atoms with van der Waals surface area (Å²) in [5, 5.41) is 6.09. The van der Waals surface area contributed by atoms with Crippen LogP contribution in [0.5, 0.6) is 5.75 Å². The van der Waals surface area contributed by atoms with E-state index in [0.717, 1.165) is 17.9 Å². The summed E-state index contributed by atoms with van der Waals surface area (Å²) in [5.41, 5.74) is 2.24. The lowest BCUT2D eigenvalue weighted by Gasteiger charge is -2.15. The number of aryl methyl sites for hydroxylation is 1. The van der Waals surface area contributed by atoms with E-state index in [0.29, 0.717) is 19.2 Å². The van der Waals surface area contributed by atoms with Gasteiger partial charge in [-0.1, -0.05) is 19.1 Å². The predicted molar refractivity (Wildman–Crippen MR) is 83.7 cm³/mol. The molecule has 0 aliphatic rings. The number of carbonyl (C=O) groups is 1. The van der Waals surface area contributed by atoms with Crippen molar-refractivity contribution in [3.8, 4) is 5.75 Å². The third-order valence-corrected chi connectivity index (χ3v) is 3.20. The fourth-order valence-corrected chi connectivity index (χ4v) is 2.01. The Balaban J connectivity index is 2.51. The largest absolute Gasteiger partial charge is 0.484 e. The summed E-state index contributed by atoms with van der Waals surface area (Å²) in [6.07, 6.45) is 0. The Hall–Kier alpha value is -1.59. The predicted octanol–water partition coefficient (Wildman–Crippen LogP) is 1.81. The Kier molecular flexibility index (Phi) is 7.79. The van der Waals surface area contributed by atoms with Crippen LogP contribution in [0, 0.1) is 6.92 Å². The van der Waals surface area contributed by atoms with E-state index in [9.17, 15) is 4.79 Å². The maximum absolute atomic E-state index is 11.6. The number of hydrogen-bond acceptors (Lipinski definition) is 4. The zero-order chi connectivity index (χ0) is 15.7. The quantitative estimate of drug-likeness (QED) is 0.682. The summed E-state index contributed by atoms with van der Waals surface area (Å²) in [6, 6.07) is 6.34. The van der Waals surface area contributed by atoms with Gasteiger partial charge in [0.2, 0.25) is 0 Å². The Morgan fingerprint density at radius 3 is 2.76 bits per heavy atom. The minimum Gasteiger partial charge on any atom is -0.484 e. The van der Waals surface area contributed by atoms with E-state index in [1.54, 1.807) is 7.11 Å². The zero-order valence-corrected chi connectivity index (χ0v) is 13.4. The van der Waals surface area contributed by atoms with E-state index < -0.39 is 0 Å². The van der Waals surface area contributed by atoms with Gasteiger partial charge in [-0.2, -0.15) is 0 Å². The third-order valence-electron chi connectivity index (χ3n) is 3.20. The van der Waals surface area contributed by atoms with Crippen LogP contribution in [-0.4, -0.2) is 39.3 Å². The van der Waals surface area contributed by atoms with Crippen molar-refractivity contribution in [2.24, 2.45) is 0 Å². The fourth-order valence-electron chi connectivity index (χ4n) is 2.01. The molecule has 0 saturated carbocycles. The maximum Gasteiger partial charge on any atom is 0.258 e. The highest BCUT2D eigenvalue weighted by Gasteiger charge is 2.08. The molecule has 1 aromatic rings. The average Bonchev–Trinajstić information content (AvgIpc) is 2.46. The molecule has 0 radical (unpaired) electrons. The first-order chi connectivity index (χ1) is 10.1. The van der Waals surface area contributed by atoms with E-state index in [4.69, 9.17) is 9.47 Å². The number of amides is 1. The summed E-state index contributed by atoms with van der Waals surface area (Å²) in [4.78, 5) is 11.6. The molecule has 2 N–H and O–H groups in total. The van der Waals surface area contributed by atoms with Gasteiger partial charge in [0.25, 0.3) is 5.91 Å². The molecule has 1 rings (SSSR count). The first-order valence-corrected chi connectivity index (χ1v) is 7.30. The van der Waals surface area contributed by atoms with Crippen LogP contribution in [0.15, 0.2) is 18.2 Å². The summed E-state index contributed by atoms with van der Waals surface area (Å²) < 4.78 is 10.4. The molecule has 1 unspecified atom stereocenters. The van der Waals surface area contributed by atoms with E-state index in [2.05, 4.69) is 30.5 Å². The minimum atomic E-state index is -0.142. The molecule has 0 aliphatic heterocycles. The Morgan fingerprint density at radius 2 is 2.14 bits per heavy atom. The topological polar surface area (TPSA) is 59.6 Å². The highest BCUT2D eigenvalue weighted by molar-refractivity contribution is 5.77. The second-order valence-electron chi connectivity index (χ2n) is 4.94. The molecule has 0 fully saturated rings. The molecular formula is C16H26N2O3. The number of nitrogens with one attached hydrogen (secondary N) is 2. The third kappa shape index (κ3) is 6.14. The van der Waals surface area contributed by atoms with Gasteiger partial charge in [0.05, 0.1) is 6.61 Å². The lowest BCUT2D eigenvalue weighted by Crippen LogP contribution is -2.31. The second kappa shape index (κ2) is 9.37. The van der Waals surface area contributed by atoms with Crippen LogP contribution in [0.1, 0.15) is 31.0 Å². The van der Waals surface area contributed by atoms with Crippen molar-refractivity contribution in [3.63, 3.8) is 0 Å². The molecule has 118 valence electrons. The summed E-state index contributed by atoms with van der Waals surface area (Å²) in [5.74, 6) is 0.598. The molecule has 0 bridgehead atoms. The normalized spacial score (nSPS) is 12.0. The molecule has 21 heavy (non-hydrogen) atoms. The lowest BCUT2D eigenvalue weighted by molar-refractivity contribution is -0.123. The van der Waals surface area contributed by atoms with E-state index in [-0.39, 0.29) is 12.5 Å². The van der Waals surface area contributed by atoms with Crippen molar-refractivity contribution in [1.82, 2.24) is 10.6 Å². The SMILES string of the molecule is CCNC(C)c1ccc(OCC(=O)NCCOC)c(C)c1. The van der Waals surface area contributed by atoms with Crippen molar-refractivity contribution >= 4 is 5.91 Å². The number of ether oxygens (including phenoxy) is 2. The van der Waals surface area contributed by atoms with Gasteiger partial charge in [-0.25, -0.2) is 0 Å². The number of benzene rings is 1. The van der Waals surface area contributed by atoms with Gasteiger partial charge in [0.15, 0.2) is 6.61 Å². The molecular weight excluding hydrogens is 268 g/mol. The van der Waals surface area contributed by atoms with Crippen LogP contribution in [-0.2, 0) is 9.53 Å². The van der Waals surface area contributed by atoms with Gasteiger partial charge >= 0.3 is 0 Å².